The molecule has 0 aliphatic carbocycles. The van der Waals surface area contributed by atoms with Crippen LogP contribution in [-0.4, -0.2) is 21.8 Å². The monoisotopic (exact) mass is 335 g/mol. The summed E-state index contributed by atoms with van der Waals surface area (Å²) in [5.74, 6) is 1.90. The van der Waals surface area contributed by atoms with Crippen LogP contribution in [0.4, 0.5) is 5.82 Å². The average Bonchev–Trinajstić information content (AvgIpc) is 2.82. The van der Waals surface area contributed by atoms with Crippen molar-refractivity contribution in [2.24, 2.45) is 5.92 Å². The van der Waals surface area contributed by atoms with Gasteiger partial charge in [-0.25, -0.2) is 9.97 Å². The molecule has 0 bridgehead atoms. The van der Waals surface area contributed by atoms with Crippen LogP contribution in [0, 0.1) is 5.92 Å². The lowest BCUT2D eigenvalue weighted by atomic mass is 9.96. The van der Waals surface area contributed by atoms with E-state index in [-0.39, 0.29) is 6.10 Å². The first-order chi connectivity index (χ1) is 10.5. The summed E-state index contributed by atoms with van der Waals surface area (Å²) in [6.45, 7) is 11.0. The van der Waals surface area contributed by atoms with Crippen LogP contribution < -0.4 is 5.73 Å². The summed E-state index contributed by atoms with van der Waals surface area (Å²) in [6, 6.07) is 0. The molecule has 1 atom stereocenters. The molecule has 22 heavy (non-hydrogen) atoms. The van der Waals surface area contributed by atoms with Gasteiger partial charge in [0.05, 0.1) is 18.1 Å². The lowest BCUT2D eigenvalue weighted by molar-refractivity contribution is 0.00203. The fraction of sp³-hybridized carbons (Fsp3) is 0.500. The maximum absolute atomic E-state index is 6.23. The first-order valence-corrected chi connectivity index (χ1v) is 9.22. The highest BCUT2D eigenvalue weighted by Crippen LogP contribution is 2.39. The molecule has 0 saturated heterocycles. The zero-order chi connectivity index (χ0) is 15.9. The summed E-state index contributed by atoms with van der Waals surface area (Å²) < 4.78 is 5.95. The van der Waals surface area contributed by atoms with Crippen LogP contribution in [0.3, 0.4) is 0 Å². The molecule has 3 rings (SSSR count). The SMILES string of the molecule is C=C(C)CSc1nc(N)c2c3c(sc2n1)COC(C(C)C)C3. The molecule has 0 aromatic carbocycles. The van der Waals surface area contributed by atoms with Crippen LogP contribution in [0.1, 0.15) is 31.2 Å². The third kappa shape index (κ3) is 3.00. The van der Waals surface area contributed by atoms with Gasteiger partial charge in [-0.15, -0.1) is 11.3 Å². The number of thioether (sulfide) groups is 1. The van der Waals surface area contributed by atoms with E-state index in [2.05, 4.69) is 30.4 Å². The number of nitrogens with two attached hydrogens (primary N) is 1. The van der Waals surface area contributed by atoms with Crippen LogP contribution in [0.2, 0.25) is 0 Å². The van der Waals surface area contributed by atoms with Gasteiger partial charge < -0.3 is 10.5 Å². The molecule has 1 unspecified atom stereocenters. The van der Waals surface area contributed by atoms with Gasteiger partial charge in [0.15, 0.2) is 5.16 Å². The molecule has 2 aromatic heterocycles. The second-order valence-electron chi connectivity index (χ2n) is 6.12. The van der Waals surface area contributed by atoms with Gasteiger partial charge in [0.1, 0.15) is 10.6 Å². The van der Waals surface area contributed by atoms with E-state index in [1.807, 2.05) is 6.92 Å². The van der Waals surface area contributed by atoms with Crippen LogP contribution in [-0.2, 0) is 17.8 Å². The first-order valence-electron chi connectivity index (χ1n) is 7.42. The number of ether oxygens (including phenoxy) is 1. The highest BCUT2D eigenvalue weighted by Gasteiger charge is 2.27. The Kier molecular flexibility index (Phi) is 4.43. The molecule has 6 heteroatoms. The zero-order valence-electron chi connectivity index (χ0n) is 13.2. The van der Waals surface area contributed by atoms with E-state index in [1.165, 1.54) is 10.4 Å². The summed E-state index contributed by atoms with van der Waals surface area (Å²) in [5, 5.41) is 1.77. The molecule has 0 saturated carbocycles. The molecule has 0 fully saturated rings. The molecule has 2 N–H and O–H groups in total. The smallest absolute Gasteiger partial charge is 0.191 e. The Morgan fingerprint density at radius 1 is 1.50 bits per heavy atom. The van der Waals surface area contributed by atoms with Crippen molar-refractivity contribution < 1.29 is 4.74 Å². The van der Waals surface area contributed by atoms with Gasteiger partial charge in [0, 0.05) is 17.1 Å². The fourth-order valence-electron chi connectivity index (χ4n) is 2.57. The summed E-state index contributed by atoms with van der Waals surface area (Å²) in [4.78, 5) is 11.4. The first kappa shape index (κ1) is 15.8. The van der Waals surface area contributed by atoms with Gasteiger partial charge in [-0.1, -0.05) is 37.8 Å². The van der Waals surface area contributed by atoms with Crippen molar-refractivity contribution in [3.05, 3.63) is 22.6 Å². The summed E-state index contributed by atoms with van der Waals surface area (Å²) >= 11 is 3.27. The normalized spacial score (nSPS) is 17.9. The third-order valence-corrected chi connectivity index (χ3v) is 5.94. The second-order valence-corrected chi connectivity index (χ2v) is 8.14. The summed E-state index contributed by atoms with van der Waals surface area (Å²) in [6.07, 6.45) is 1.15. The van der Waals surface area contributed by atoms with Gasteiger partial charge in [-0.05, 0) is 18.4 Å². The Hall–Kier alpha value is -1.11. The maximum atomic E-state index is 6.23. The van der Waals surface area contributed by atoms with E-state index in [0.717, 1.165) is 33.1 Å². The molecule has 3 heterocycles. The number of anilines is 1. The molecule has 0 radical (unpaired) electrons. The molecule has 0 amide bonds. The van der Waals surface area contributed by atoms with Crippen LogP contribution in [0.5, 0.6) is 0 Å². The molecular formula is C16H21N3OS2. The summed E-state index contributed by atoms with van der Waals surface area (Å²) in [7, 11) is 0. The number of nitrogen functional groups attached to an aromatic ring is 1. The molecule has 118 valence electrons. The number of hydrogen-bond acceptors (Lipinski definition) is 6. The van der Waals surface area contributed by atoms with E-state index >= 15 is 0 Å². The number of thiophene rings is 1. The largest absolute Gasteiger partial charge is 0.383 e. The van der Waals surface area contributed by atoms with Gasteiger partial charge in [-0.3, -0.25) is 0 Å². The number of nitrogens with zero attached hydrogens (tertiary/aromatic N) is 2. The Labute approximate surface area is 139 Å². The number of rotatable bonds is 4. The van der Waals surface area contributed by atoms with Crippen LogP contribution in [0.15, 0.2) is 17.3 Å². The van der Waals surface area contributed by atoms with E-state index in [0.29, 0.717) is 18.3 Å². The van der Waals surface area contributed by atoms with E-state index in [1.54, 1.807) is 23.1 Å². The number of hydrogen-bond donors (Lipinski definition) is 1. The number of fused-ring (bicyclic) bond motifs is 3. The topological polar surface area (TPSA) is 61.0 Å². The average molecular weight is 335 g/mol. The molecule has 2 aromatic rings. The highest BCUT2D eigenvalue weighted by atomic mass is 32.2. The Morgan fingerprint density at radius 3 is 2.95 bits per heavy atom. The van der Waals surface area contributed by atoms with E-state index in [4.69, 9.17) is 10.5 Å². The van der Waals surface area contributed by atoms with Crippen molar-refractivity contribution in [2.75, 3.05) is 11.5 Å². The van der Waals surface area contributed by atoms with Gasteiger partial charge >= 0.3 is 0 Å². The van der Waals surface area contributed by atoms with Gasteiger partial charge in [0.2, 0.25) is 0 Å². The molecule has 4 nitrogen and oxygen atoms in total. The summed E-state index contributed by atoms with van der Waals surface area (Å²) in [5.41, 5.74) is 8.63. The molecule has 1 aliphatic rings. The van der Waals surface area contributed by atoms with Crippen molar-refractivity contribution in [1.29, 1.82) is 0 Å². The van der Waals surface area contributed by atoms with E-state index < -0.39 is 0 Å². The van der Waals surface area contributed by atoms with Crippen molar-refractivity contribution in [3.8, 4) is 0 Å². The van der Waals surface area contributed by atoms with Crippen molar-refractivity contribution in [2.45, 2.75) is 45.1 Å². The highest BCUT2D eigenvalue weighted by molar-refractivity contribution is 7.99. The maximum Gasteiger partial charge on any atom is 0.191 e. The Bertz CT molecular complexity index is 724. The third-order valence-electron chi connectivity index (χ3n) is 3.77. The molecular weight excluding hydrogens is 314 g/mol. The van der Waals surface area contributed by atoms with Crippen molar-refractivity contribution in [3.63, 3.8) is 0 Å². The standard InChI is InChI=1S/C16H21N3OS2/c1-8(2)7-21-16-18-14(17)13-10-5-11(9(3)4)20-6-12(10)22-15(13)19-16/h9,11H,1,5-7H2,2-4H3,(H2,17,18,19). The second kappa shape index (κ2) is 6.18. The zero-order valence-corrected chi connectivity index (χ0v) is 14.8. The van der Waals surface area contributed by atoms with Gasteiger partial charge in [-0.2, -0.15) is 0 Å². The van der Waals surface area contributed by atoms with Crippen molar-refractivity contribution in [1.82, 2.24) is 9.97 Å². The minimum Gasteiger partial charge on any atom is -0.383 e. The van der Waals surface area contributed by atoms with Crippen LogP contribution in [0.25, 0.3) is 10.2 Å². The Balaban J connectivity index is 1.98. The van der Waals surface area contributed by atoms with Gasteiger partial charge in [0.25, 0.3) is 0 Å². The Morgan fingerprint density at radius 2 is 2.27 bits per heavy atom. The lowest BCUT2D eigenvalue weighted by Crippen LogP contribution is -2.26. The minimum atomic E-state index is 0.252. The lowest BCUT2D eigenvalue weighted by Gasteiger charge is -2.26. The predicted octanol–water partition coefficient (Wildman–Crippen LogP) is 4.04. The van der Waals surface area contributed by atoms with Crippen LogP contribution >= 0.6 is 23.1 Å². The minimum absolute atomic E-state index is 0.252. The predicted molar refractivity (Wildman–Crippen MR) is 94.5 cm³/mol. The quantitative estimate of drug-likeness (QED) is 0.519. The molecule has 0 spiro atoms. The fourth-order valence-corrected chi connectivity index (χ4v) is 4.45. The van der Waals surface area contributed by atoms with Crippen molar-refractivity contribution >= 4 is 39.1 Å². The number of aromatic nitrogens is 2. The molecule has 1 aliphatic heterocycles. The van der Waals surface area contributed by atoms with E-state index in [9.17, 15) is 0 Å².